The van der Waals surface area contributed by atoms with Gasteiger partial charge in [-0.05, 0) is 42.3 Å². The number of sulfone groups is 1. The molecule has 0 aliphatic carbocycles. The van der Waals surface area contributed by atoms with Crippen LogP contribution < -0.4 is 5.32 Å². The lowest BCUT2D eigenvalue weighted by Gasteiger charge is -2.27. The molecule has 0 bridgehead atoms. The van der Waals surface area contributed by atoms with Crippen LogP contribution >= 0.6 is 15.9 Å². The fourth-order valence-corrected chi connectivity index (χ4v) is 6.07. The zero-order chi connectivity index (χ0) is 20.5. The molecule has 10 heteroatoms. The van der Waals surface area contributed by atoms with Crippen LogP contribution in [-0.4, -0.2) is 46.4 Å². The van der Waals surface area contributed by atoms with Crippen molar-refractivity contribution >= 4 is 41.7 Å². The number of rotatable bonds is 5. The van der Waals surface area contributed by atoms with Gasteiger partial charge in [-0.1, -0.05) is 34.1 Å². The van der Waals surface area contributed by atoms with Gasteiger partial charge in [-0.3, -0.25) is 4.79 Å². The van der Waals surface area contributed by atoms with E-state index in [-0.39, 0.29) is 28.5 Å². The van der Waals surface area contributed by atoms with Crippen LogP contribution in [0.2, 0.25) is 0 Å². The van der Waals surface area contributed by atoms with E-state index < -0.39 is 31.8 Å². The zero-order valence-corrected chi connectivity index (χ0v) is 18.2. The molecule has 0 radical (unpaired) electrons. The van der Waals surface area contributed by atoms with Crippen molar-refractivity contribution in [1.29, 1.82) is 0 Å². The first-order valence-electron chi connectivity index (χ1n) is 8.44. The fourth-order valence-electron chi connectivity index (χ4n) is 3.05. The van der Waals surface area contributed by atoms with Gasteiger partial charge >= 0.3 is 0 Å². The molecule has 1 amide bonds. The van der Waals surface area contributed by atoms with Gasteiger partial charge in [0, 0.05) is 11.5 Å². The number of nitrogens with one attached hydrogen (secondary N) is 1. The van der Waals surface area contributed by atoms with Crippen molar-refractivity contribution in [1.82, 2.24) is 9.62 Å². The molecule has 2 aromatic carbocycles. The highest BCUT2D eigenvalue weighted by Gasteiger charge is 2.31. The normalized spacial score (nSPS) is 18.5. The number of carbonyl (C=O) groups excluding carboxylic acids is 1. The van der Waals surface area contributed by atoms with Crippen LogP contribution in [0.3, 0.4) is 0 Å². The van der Waals surface area contributed by atoms with Gasteiger partial charge in [0.1, 0.15) is 0 Å². The van der Waals surface area contributed by atoms with Crippen LogP contribution in [0.25, 0.3) is 0 Å². The quantitative estimate of drug-likeness (QED) is 0.697. The molecule has 28 heavy (non-hydrogen) atoms. The Kier molecular flexibility index (Phi) is 5.95. The minimum Gasteiger partial charge on any atom is -0.348 e. The number of amides is 1. The zero-order valence-electron chi connectivity index (χ0n) is 15.0. The van der Waals surface area contributed by atoms with E-state index in [9.17, 15) is 21.6 Å². The Morgan fingerprint density at radius 3 is 2.50 bits per heavy atom. The Morgan fingerprint density at radius 2 is 1.82 bits per heavy atom. The van der Waals surface area contributed by atoms with Crippen molar-refractivity contribution in [3.8, 4) is 0 Å². The standard InChI is InChI=1S/C18H19BrN2O5S2/c1-21(28(25,26)14-8-6-13(19)7-9-14)12-18(22)20-16-10-11-27(23,24)17-5-3-2-4-15(16)17/h2-9,16H,10-12H2,1H3,(H,20,22). The smallest absolute Gasteiger partial charge is 0.243 e. The van der Waals surface area contributed by atoms with E-state index >= 15 is 0 Å². The maximum Gasteiger partial charge on any atom is 0.243 e. The van der Waals surface area contributed by atoms with Crippen LogP contribution in [0.15, 0.2) is 62.8 Å². The Labute approximate surface area is 172 Å². The molecule has 0 saturated carbocycles. The van der Waals surface area contributed by atoms with Crippen molar-refractivity contribution in [2.75, 3.05) is 19.3 Å². The molecule has 150 valence electrons. The maximum atomic E-state index is 12.6. The molecular formula is C18H19BrN2O5S2. The molecule has 1 N–H and O–H groups in total. The molecule has 1 heterocycles. The molecule has 7 nitrogen and oxygen atoms in total. The van der Waals surface area contributed by atoms with Crippen LogP contribution in [0.5, 0.6) is 0 Å². The van der Waals surface area contributed by atoms with Crippen molar-refractivity contribution < 1.29 is 21.6 Å². The number of hydrogen-bond acceptors (Lipinski definition) is 5. The average Bonchev–Trinajstić information content (AvgIpc) is 2.64. The first kappa shape index (κ1) is 21.0. The second-order valence-corrected chi connectivity index (χ2v) is 11.5. The second kappa shape index (κ2) is 7.94. The molecule has 1 unspecified atom stereocenters. The van der Waals surface area contributed by atoms with E-state index in [1.165, 1.54) is 25.2 Å². The summed E-state index contributed by atoms with van der Waals surface area (Å²) in [5, 5.41) is 2.76. The Morgan fingerprint density at radius 1 is 1.18 bits per heavy atom. The molecule has 2 aromatic rings. The first-order chi connectivity index (χ1) is 13.1. The van der Waals surface area contributed by atoms with Gasteiger partial charge in [0.15, 0.2) is 9.84 Å². The molecule has 1 aliphatic heterocycles. The highest BCUT2D eigenvalue weighted by Crippen LogP contribution is 2.31. The highest BCUT2D eigenvalue weighted by molar-refractivity contribution is 9.10. The van der Waals surface area contributed by atoms with Crippen LogP contribution in [0.1, 0.15) is 18.0 Å². The summed E-state index contributed by atoms with van der Waals surface area (Å²) in [6.07, 6.45) is 0.244. The average molecular weight is 487 g/mol. The summed E-state index contributed by atoms with van der Waals surface area (Å²) in [5.41, 5.74) is 0.528. The SMILES string of the molecule is CN(CC(=O)NC1CCS(=O)(=O)c2ccccc21)S(=O)(=O)c1ccc(Br)cc1. The van der Waals surface area contributed by atoms with Crippen molar-refractivity contribution in [3.63, 3.8) is 0 Å². The van der Waals surface area contributed by atoms with E-state index in [4.69, 9.17) is 0 Å². The number of hydrogen-bond donors (Lipinski definition) is 1. The van der Waals surface area contributed by atoms with Gasteiger partial charge in [-0.25, -0.2) is 16.8 Å². The number of carbonyl (C=O) groups is 1. The van der Waals surface area contributed by atoms with Crippen molar-refractivity contribution in [2.24, 2.45) is 0 Å². The first-order valence-corrected chi connectivity index (χ1v) is 12.3. The number of halogens is 1. The number of sulfonamides is 1. The lowest BCUT2D eigenvalue weighted by Crippen LogP contribution is -2.41. The minimum atomic E-state index is -3.81. The molecule has 1 aliphatic rings. The van der Waals surface area contributed by atoms with Gasteiger partial charge in [-0.15, -0.1) is 0 Å². The van der Waals surface area contributed by atoms with Gasteiger partial charge in [0.25, 0.3) is 0 Å². The van der Waals surface area contributed by atoms with Gasteiger partial charge in [-0.2, -0.15) is 4.31 Å². The molecule has 1 atom stereocenters. The third-order valence-electron chi connectivity index (χ3n) is 4.53. The number of nitrogens with zero attached hydrogens (tertiary/aromatic N) is 1. The molecule has 0 aromatic heterocycles. The Bertz CT molecular complexity index is 1100. The summed E-state index contributed by atoms with van der Waals surface area (Å²) in [4.78, 5) is 12.7. The summed E-state index contributed by atoms with van der Waals surface area (Å²) < 4.78 is 51.3. The van der Waals surface area contributed by atoms with E-state index in [0.717, 1.165) is 8.78 Å². The third kappa shape index (κ3) is 4.29. The Hall–Kier alpha value is -1.75. The van der Waals surface area contributed by atoms with Gasteiger partial charge in [0.2, 0.25) is 15.9 Å². The summed E-state index contributed by atoms with van der Waals surface area (Å²) in [5.74, 6) is -0.565. The van der Waals surface area contributed by atoms with Crippen molar-refractivity contribution in [2.45, 2.75) is 22.3 Å². The Balaban J connectivity index is 1.73. The topological polar surface area (TPSA) is 101 Å². The molecular weight excluding hydrogens is 468 g/mol. The predicted molar refractivity (Wildman–Crippen MR) is 108 cm³/mol. The summed E-state index contributed by atoms with van der Waals surface area (Å²) in [6, 6.07) is 12.2. The lowest BCUT2D eigenvalue weighted by atomic mass is 10.0. The maximum absolute atomic E-state index is 12.6. The number of benzene rings is 2. The summed E-state index contributed by atoms with van der Waals surface area (Å²) >= 11 is 3.25. The summed E-state index contributed by atoms with van der Waals surface area (Å²) in [7, 11) is -5.84. The third-order valence-corrected chi connectivity index (χ3v) is 8.69. The van der Waals surface area contributed by atoms with E-state index in [2.05, 4.69) is 21.2 Å². The van der Waals surface area contributed by atoms with Crippen LogP contribution in [0.4, 0.5) is 0 Å². The molecule has 0 spiro atoms. The highest BCUT2D eigenvalue weighted by atomic mass is 79.9. The lowest BCUT2D eigenvalue weighted by molar-refractivity contribution is -0.121. The minimum absolute atomic E-state index is 0.0675. The van der Waals surface area contributed by atoms with Crippen LogP contribution in [0, 0.1) is 0 Å². The number of fused-ring (bicyclic) bond motifs is 1. The molecule has 3 rings (SSSR count). The van der Waals surface area contributed by atoms with Gasteiger partial charge < -0.3 is 5.32 Å². The number of likely N-dealkylation sites (N-methyl/N-ethyl adjacent to an activating group) is 1. The van der Waals surface area contributed by atoms with Crippen molar-refractivity contribution in [3.05, 3.63) is 58.6 Å². The van der Waals surface area contributed by atoms with E-state index in [0.29, 0.717) is 5.56 Å². The molecule has 0 saturated heterocycles. The largest absolute Gasteiger partial charge is 0.348 e. The van der Waals surface area contributed by atoms with E-state index in [1.54, 1.807) is 30.3 Å². The molecule has 0 fully saturated rings. The van der Waals surface area contributed by atoms with Crippen LogP contribution in [-0.2, 0) is 24.7 Å². The second-order valence-electron chi connectivity index (χ2n) is 6.48. The predicted octanol–water partition coefficient (Wildman–Crippen LogP) is 2.10. The van der Waals surface area contributed by atoms with Gasteiger partial charge in [0.05, 0.1) is 28.1 Å². The summed E-state index contributed by atoms with van der Waals surface area (Å²) in [6.45, 7) is -0.371. The monoisotopic (exact) mass is 486 g/mol. The van der Waals surface area contributed by atoms with E-state index in [1.807, 2.05) is 0 Å². The fraction of sp³-hybridized carbons (Fsp3) is 0.278.